The summed E-state index contributed by atoms with van der Waals surface area (Å²) in [5, 5.41) is 16.8. The number of amides is 1. The second-order valence-electron chi connectivity index (χ2n) is 7.32. The molecule has 0 aromatic rings. The summed E-state index contributed by atoms with van der Waals surface area (Å²) in [6.45, 7) is 16.2. The van der Waals surface area contributed by atoms with E-state index >= 15 is 0 Å². The molecule has 0 saturated heterocycles. The van der Waals surface area contributed by atoms with Gasteiger partial charge < -0.3 is 32.3 Å². The zero-order valence-corrected chi connectivity index (χ0v) is 20.4. The van der Waals surface area contributed by atoms with Gasteiger partial charge in [-0.05, 0) is 104 Å². The molecule has 0 aromatic carbocycles. The van der Waals surface area contributed by atoms with Gasteiger partial charge in [0.05, 0.1) is 0 Å². The smallest absolute Gasteiger partial charge is 0.221 e. The minimum absolute atomic E-state index is 0.0646. The highest BCUT2D eigenvalue weighted by Gasteiger charge is 1.97. The molecule has 182 valence electrons. The van der Waals surface area contributed by atoms with E-state index in [2.05, 4.69) is 33.5 Å². The predicted octanol–water partition coefficient (Wildman–Crippen LogP) is 1.98. The van der Waals surface area contributed by atoms with Crippen LogP contribution in [0.1, 0.15) is 78.6 Å². The Balaban J connectivity index is 0. The molecule has 30 heavy (non-hydrogen) atoms. The van der Waals surface area contributed by atoms with E-state index in [0.29, 0.717) is 13.0 Å². The van der Waals surface area contributed by atoms with Crippen LogP contribution in [0.4, 0.5) is 0 Å². The van der Waals surface area contributed by atoms with Crippen molar-refractivity contribution in [2.24, 2.45) is 5.73 Å². The zero-order chi connectivity index (χ0) is 22.5. The molecule has 0 aliphatic carbocycles. The highest BCUT2D eigenvalue weighted by molar-refractivity contribution is 5.75. The fourth-order valence-electron chi connectivity index (χ4n) is 2.87. The molecule has 7 nitrogen and oxygen atoms in total. The molecule has 0 unspecified atom stereocenters. The number of nitrogens with two attached hydrogens (primary N) is 1. The SMILES string of the molecule is CC.CCNCCCCNCCCCNCCCCNCCCCNC(=O)CCN. The van der Waals surface area contributed by atoms with Gasteiger partial charge in [-0.2, -0.15) is 0 Å². The molecule has 0 fully saturated rings. The maximum Gasteiger partial charge on any atom is 0.221 e. The Morgan fingerprint density at radius 2 is 0.933 bits per heavy atom. The quantitative estimate of drug-likeness (QED) is 0.139. The van der Waals surface area contributed by atoms with E-state index in [1.165, 1.54) is 38.5 Å². The van der Waals surface area contributed by atoms with Gasteiger partial charge in [0.1, 0.15) is 0 Å². The van der Waals surface area contributed by atoms with Crippen LogP contribution >= 0.6 is 0 Å². The molecule has 0 radical (unpaired) electrons. The lowest BCUT2D eigenvalue weighted by molar-refractivity contribution is -0.120. The van der Waals surface area contributed by atoms with Gasteiger partial charge in [-0.1, -0.05) is 20.8 Å². The summed E-state index contributed by atoms with van der Waals surface area (Å²) in [4.78, 5) is 11.2. The molecular weight excluding hydrogens is 376 g/mol. The number of rotatable bonds is 23. The number of hydrogen-bond acceptors (Lipinski definition) is 6. The first-order valence-electron chi connectivity index (χ1n) is 12.6. The van der Waals surface area contributed by atoms with Crippen LogP contribution in [0.15, 0.2) is 0 Å². The average molecular weight is 431 g/mol. The lowest BCUT2D eigenvalue weighted by Crippen LogP contribution is -2.27. The molecule has 1 amide bonds. The molecular formula is C23H54N6O. The molecule has 0 saturated carbocycles. The lowest BCUT2D eigenvalue weighted by Gasteiger charge is -2.08. The summed E-state index contributed by atoms with van der Waals surface area (Å²) in [7, 11) is 0. The lowest BCUT2D eigenvalue weighted by atomic mass is 10.2. The summed E-state index contributed by atoms with van der Waals surface area (Å²) in [6, 6.07) is 0. The Hall–Kier alpha value is -0.730. The summed E-state index contributed by atoms with van der Waals surface area (Å²) in [5.41, 5.74) is 5.33. The maximum absolute atomic E-state index is 11.2. The molecule has 7 heteroatoms. The standard InChI is InChI=1S/C21H48N6O.C2H6/c1-2-23-13-3-4-14-24-15-5-6-16-25-17-7-8-18-26-19-9-10-20-27-21(28)11-12-22;1-2/h23-26H,2-20,22H2,1H3,(H,27,28);1-2H3. The molecule has 0 bridgehead atoms. The van der Waals surface area contributed by atoms with Crippen LogP contribution in [0, 0.1) is 0 Å². The first-order valence-corrected chi connectivity index (χ1v) is 12.6. The summed E-state index contributed by atoms with van der Waals surface area (Å²) >= 11 is 0. The third-order valence-corrected chi connectivity index (χ3v) is 4.60. The highest BCUT2D eigenvalue weighted by atomic mass is 16.1. The summed E-state index contributed by atoms with van der Waals surface area (Å²) in [5.74, 6) is 0.0646. The second kappa shape index (κ2) is 30.5. The van der Waals surface area contributed by atoms with Gasteiger partial charge in [0.2, 0.25) is 5.91 Å². The monoisotopic (exact) mass is 430 g/mol. The molecule has 0 rings (SSSR count). The van der Waals surface area contributed by atoms with Crippen LogP contribution in [0.5, 0.6) is 0 Å². The van der Waals surface area contributed by atoms with Crippen molar-refractivity contribution in [2.75, 3.05) is 65.4 Å². The topological polar surface area (TPSA) is 103 Å². The van der Waals surface area contributed by atoms with Crippen molar-refractivity contribution < 1.29 is 4.79 Å². The molecule has 0 aromatic heterocycles. The van der Waals surface area contributed by atoms with Crippen molar-refractivity contribution in [3.63, 3.8) is 0 Å². The Morgan fingerprint density at radius 3 is 1.27 bits per heavy atom. The van der Waals surface area contributed by atoms with E-state index in [-0.39, 0.29) is 5.91 Å². The van der Waals surface area contributed by atoms with Crippen LogP contribution < -0.4 is 32.3 Å². The summed E-state index contributed by atoms with van der Waals surface area (Å²) in [6.07, 6.45) is 10.1. The van der Waals surface area contributed by atoms with Gasteiger partial charge in [-0.3, -0.25) is 4.79 Å². The van der Waals surface area contributed by atoms with Crippen molar-refractivity contribution in [3.05, 3.63) is 0 Å². The van der Waals surface area contributed by atoms with Crippen molar-refractivity contribution in [1.29, 1.82) is 0 Å². The van der Waals surface area contributed by atoms with Crippen molar-refractivity contribution >= 4 is 5.91 Å². The van der Waals surface area contributed by atoms with E-state index in [0.717, 1.165) is 71.7 Å². The average Bonchev–Trinajstić information content (AvgIpc) is 2.76. The Morgan fingerprint density at radius 1 is 0.600 bits per heavy atom. The third kappa shape index (κ3) is 29.5. The third-order valence-electron chi connectivity index (χ3n) is 4.60. The van der Waals surface area contributed by atoms with E-state index < -0.39 is 0 Å². The molecule has 0 aliphatic rings. The van der Waals surface area contributed by atoms with E-state index in [9.17, 15) is 4.79 Å². The Kier molecular flexibility index (Phi) is 31.9. The largest absolute Gasteiger partial charge is 0.356 e. The molecule has 0 heterocycles. The second-order valence-corrected chi connectivity index (χ2v) is 7.32. The normalized spacial score (nSPS) is 10.5. The fourth-order valence-corrected chi connectivity index (χ4v) is 2.87. The first-order chi connectivity index (χ1) is 14.8. The predicted molar refractivity (Wildman–Crippen MR) is 132 cm³/mol. The van der Waals surface area contributed by atoms with Crippen LogP contribution in [-0.2, 0) is 4.79 Å². The van der Waals surface area contributed by atoms with Gasteiger partial charge in [0, 0.05) is 19.5 Å². The van der Waals surface area contributed by atoms with Gasteiger partial charge >= 0.3 is 0 Å². The minimum atomic E-state index is 0.0646. The highest BCUT2D eigenvalue weighted by Crippen LogP contribution is 1.90. The van der Waals surface area contributed by atoms with Crippen molar-refractivity contribution in [3.8, 4) is 0 Å². The number of carbonyl (C=O) groups excluding carboxylic acids is 1. The van der Waals surface area contributed by atoms with Crippen LogP contribution in [-0.4, -0.2) is 71.4 Å². The van der Waals surface area contributed by atoms with Gasteiger partial charge in [0.25, 0.3) is 0 Å². The van der Waals surface area contributed by atoms with Crippen LogP contribution in [0.3, 0.4) is 0 Å². The Bertz CT molecular complexity index is 318. The van der Waals surface area contributed by atoms with E-state index in [1.54, 1.807) is 0 Å². The zero-order valence-electron chi connectivity index (χ0n) is 20.4. The minimum Gasteiger partial charge on any atom is -0.356 e. The molecule has 0 spiro atoms. The molecule has 7 N–H and O–H groups in total. The first kappa shape index (κ1) is 31.5. The van der Waals surface area contributed by atoms with Gasteiger partial charge in [-0.25, -0.2) is 0 Å². The number of hydrogen-bond donors (Lipinski definition) is 6. The van der Waals surface area contributed by atoms with Crippen molar-refractivity contribution in [2.45, 2.75) is 78.6 Å². The molecule has 0 atom stereocenters. The van der Waals surface area contributed by atoms with E-state index in [1.807, 2.05) is 13.8 Å². The fraction of sp³-hybridized carbons (Fsp3) is 0.957. The maximum atomic E-state index is 11.2. The van der Waals surface area contributed by atoms with Gasteiger partial charge in [-0.15, -0.1) is 0 Å². The summed E-state index contributed by atoms with van der Waals surface area (Å²) < 4.78 is 0. The van der Waals surface area contributed by atoms with E-state index in [4.69, 9.17) is 5.73 Å². The Labute approximate surface area is 187 Å². The number of unbranched alkanes of at least 4 members (excludes halogenated alkanes) is 4. The number of carbonyl (C=O) groups is 1. The van der Waals surface area contributed by atoms with Crippen molar-refractivity contribution in [1.82, 2.24) is 26.6 Å². The number of nitrogens with one attached hydrogen (secondary N) is 5. The van der Waals surface area contributed by atoms with Gasteiger partial charge in [0.15, 0.2) is 0 Å². The van der Waals surface area contributed by atoms with Crippen LogP contribution in [0.25, 0.3) is 0 Å². The van der Waals surface area contributed by atoms with Crippen LogP contribution in [0.2, 0.25) is 0 Å². The molecule has 0 aliphatic heterocycles.